The monoisotopic (exact) mass is 299 g/mol. The predicted octanol–water partition coefficient (Wildman–Crippen LogP) is 0.272. The van der Waals surface area contributed by atoms with Gasteiger partial charge in [0.15, 0.2) is 0 Å². The van der Waals surface area contributed by atoms with E-state index in [0.717, 1.165) is 32.2 Å². The predicted molar refractivity (Wildman–Crippen MR) is 78.8 cm³/mol. The van der Waals surface area contributed by atoms with Crippen LogP contribution in [0.1, 0.15) is 38.5 Å². The van der Waals surface area contributed by atoms with Crippen molar-refractivity contribution in [2.75, 3.05) is 13.7 Å². The highest BCUT2D eigenvalue weighted by molar-refractivity contribution is 4.98. The van der Waals surface area contributed by atoms with Gasteiger partial charge in [-0.1, -0.05) is 0 Å². The smallest absolute Gasteiger partial charge is 0.0833 e. The van der Waals surface area contributed by atoms with Crippen molar-refractivity contribution in [1.29, 1.82) is 0 Å². The van der Waals surface area contributed by atoms with Crippen molar-refractivity contribution in [3.05, 3.63) is 0 Å². The van der Waals surface area contributed by atoms with Crippen molar-refractivity contribution in [2.45, 2.75) is 69.0 Å². The van der Waals surface area contributed by atoms with Gasteiger partial charge in [-0.3, -0.25) is 0 Å². The highest BCUT2D eigenvalue weighted by atomic mass is 16.5. The van der Waals surface area contributed by atoms with Crippen LogP contribution in [0.2, 0.25) is 0 Å². The summed E-state index contributed by atoms with van der Waals surface area (Å²) in [6.07, 6.45) is 3.76. The van der Waals surface area contributed by atoms with Crippen LogP contribution in [0.5, 0.6) is 0 Å². The summed E-state index contributed by atoms with van der Waals surface area (Å²) in [5.41, 5.74) is 0. The number of rotatable bonds is 3. The zero-order valence-corrected chi connectivity index (χ0v) is 12.8. The largest absolute Gasteiger partial charge is 0.390 e. The van der Waals surface area contributed by atoms with Gasteiger partial charge in [0.05, 0.1) is 24.4 Å². The molecule has 0 aromatic heterocycles. The number of ether oxygens (including phenoxy) is 1. The summed E-state index contributed by atoms with van der Waals surface area (Å²) in [4.78, 5) is 0. The summed E-state index contributed by atoms with van der Waals surface area (Å²) in [6, 6.07) is 0.440. The Balaban J connectivity index is 1.56. The molecule has 1 saturated heterocycles. The number of aliphatic hydroxyl groups is 3. The Morgan fingerprint density at radius 3 is 2.52 bits per heavy atom. The van der Waals surface area contributed by atoms with Crippen LogP contribution in [0.15, 0.2) is 0 Å². The average molecular weight is 299 g/mol. The molecule has 0 amide bonds. The van der Waals surface area contributed by atoms with E-state index in [-0.39, 0.29) is 12.2 Å². The van der Waals surface area contributed by atoms with Gasteiger partial charge in [0.2, 0.25) is 0 Å². The van der Waals surface area contributed by atoms with E-state index in [4.69, 9.17) is 4.74 Å². The van der Waals surface area contributed by atoms with E-state index in [1.807, 2.05) is 0 Å². The van der Waals surface area contributed by atoms with Crippen molar-refractivity contribution >= 4 is 0 Å². The highest BCUT2D eigenvalue weighted by Gasteiger charge is 2.44. The van der Waals surface area contributed by atoms with Gasteiger partial charge in [-0.2, -0.15) is 0 Å². The summed E-state index contributed by atoms with van der Waals surface area (Å²) >= 11 is 0. The molecule has 3 aliphatic rings. The lowest BCUT2D eigenvalue weighted by atomic mass is 9.72. The molecule has 122 valence electrons. The molecular weight excluding hydrogens is 270 g/mol. The van der Waals surface area contributed by atoms with Crippen molar-refractivity contribution < 1.29 is 20.1 Å². The zero-order valence-electron chi connectivity index (χ0n) is 12.8. The SMILES string of the molecule is COC1CC2CNC(CC3CCC(O)C(O)C3)C2CC1O. The highest BCUT2D eigenvalue weighted by Crippen LogP contribution is 2.40. The Labute approximate surface area is 126 Å². The molecule has 0 bridgehead atoms. The summed E-state index contributed by atoms with van der Waals surface area (Å²) in [6.45, 7) is 1.01. The van der Waals surface area contributed by atoms with Gasteiger partial charge >= 0.3 is 0 Å². The normalized spacial score (nSPS) is 50.9. The lowest BCUT2D eigenvalue weighted by Crippen LogP contribution is -2.43. The zero-order chi connectivity index (χ0) is 15.0. The number of hydrogen-bond acceptors (Lipinski definition) is 5. The van der Waals surface area contributed by atoms with Crippen LogP contribution in [-0.4, -0.2) is 59.4 Å². The minimum atomic E-state index is -0.559. The number of aliphatic hydroxyl groups excluding tert-OH is 3. The molecule has 8 unspecified atom stereocenters. The fourth-order valence-corrected chi connectivity index (χ4v) is 4.73. The summed E-state index contributed by atoms with van der Waals surface area (Å²) in [7, 11) is 1.68. The molecule has 2 aliphatic carbocycles. The molecule has 21 heavy (non-hydrogen) atoms. The second-order valence-corrected chi connectivity index (χ2v) is 7.30. The van der Waals surface area contributed by atoms with Gasteiger partial charge in [-0.15, -0.1) is 0 Å². The Morgan fingerprint density at radius 1 is 1.00 bits per heavy atom. The maximum atomic E-state index is 10.2. The molecular formula is C16H29NO4. The third kappa shape index (κ3) is 3.27. The van der Waals surface area contributed by atoms with Gasteiger partial charge in [0, 0.05) is 13.2 Å². The van der Waals surface area contributed by atoms with Crippen LogP contribution >= 0.6 is 0 Å². The standard InChI is InChI=1S/C16H29NO4/c1-21-16-6-10-8-17-12(11(10)7-15(16)20)4-9-2-3-13(18)14(19)5-9/h9-20H,2-8H2,1H3. The van der Waals surface area contributed by atoms with E-state index >= 15 is 0 Å². The fraction of sp³-hybridized carbons (Fsp3) is 1.00. The van der Waals surface area contributed by atoms with Crippen molar-refractivity contribution in [1.82, 2.24) is 5.32 Å². The first kappa shape index (κ1) is 15.7. The molecule has 0 aromatic rings. The van der Waals surface area contributed by atoms with Crippen LogP contribution in [0.3, 0.4) is 0 Å². The minimum absolute atomic E-state index is 0.0153. The van der Waals surface area contributed by atoms with E-state index in [9.17, 15) is 15.3 Å². The fourth-order valence-electron chi connectivity index (χ4n) is 4.73. The van der Waals surface area contributed by atoms with Crippen molar-refractivity contribution in [2.24, 2.45) is 17.8 Å². The summed E-state index contributed by atoms with van der Waals surface area (Å²) in [5.74, 6) is 1.61. The maximum absolute atomic E-state index is 10.2. The molecule has 1 aliphatic heterocycles. The molecule has 0 radical (unpaired) electrons. The van der Waals surface area contributed by atoms with E-state index in [1.54, 1.807) is 7.11 Å². The van der Waals surface area contributed by atoms with Crippen LogP contribution in [-0.2, 0) is 4.74 Å². The molecule has 8 atom stereocenters. The van der Waals surface area contributed by atoms with E-state index in [1.165, 1.54) is 0 Å². The van der Waals surface area contributed by atoms with Crippen LogP contribution in [0.25, 0.3) is 0 Å². The van der Waals surface area contributed by atoms with Crippen molar-refractivity contribution in [3.8, 4) is 0 Å². The second-order valence-electron chi connectivity index (χ2n) is 7.30. The van der Waals surface area contributed by atoms with Crippen LogP contribution < -0.4 is 5.32 Å². The Hall–Kier alpha value is -0.200. The Morgan fingerprint density at radius 2 is 1.81 bits per heavy atom. The first-order chi connectivity index (χ1) is 10.1. The topological polar surface area (TPSA) is 82.0 Å². The Bertz CT molecular complexity index is 353. The van der Waals surface area contributed by atoms with E-state index < -0.39 is 12.2 Å². The molecule has 5 heteroatoms. The molecule has 5 nitrogen and oxygen atoms in total. The average Bonchev–Trinajstić information content (AvgIpc) is 2.84. The third-order valence-corrected chi connectivity index (χ3v) is 6.02. The summed E-state index contributed by atoms with van der Waals surface area (Å²) in [5, 5.41) is 33.3. The maximum Gasteiger partial charge on any atom is 0.0833 e. The second kappa shape index (κ2) is 6.50. The van der Waals surface area contributed by atoms with E-state index in [2.05, 4.69) is 5.32 Å². The van der Waals surface area contributed by atoms with Gasteiger partial charge in [0.25, 0.3) is 0 Å². The molecule has 0 aromatic carbocycles. The number of methoxy groups -OCH3 is 1. The molecule has 0 spiro atoms. The number of nitrogens with one attached hydrogen (secondary N) is 1. The molecule has 2 saturated carbocycles. The van der Waals surface area contributed by atoms with Gasteiger partial charge in [0.1, 0.15) is 0 Å². The van der Waals surface area contributed by atoms with E-state index in [0.29, 0.717) is 36.6 Å². The van der Waals surface area contributed by atoms with Crippen molar-refractivity contribution in [3.63, 3.8) is 0 Å². The minimum Gasteiger partial charge on any atom is -0.390 e. The number of hydrogen-bond donors (Lipinski definition) is 4. The third-order valence-electron chi connectivity index (χ3n) is 6.02. The number of fused-ring (bicyclic) bond motifs is 1. The van der Waals surface area contributed by atoms with Gasteiger partial charge in [-0.25, -0.2) is 0 Å². The Kier molecular flexibility index (Phi) is 4.86. The lowest BCUT2D eigenvalue weighted by molar-refractivity contribution is -0.0656. The quantitative estimate of drug-likeness (QED) is 0.601. The van der Waals surface area contributed by atoms with Crippen LogP contribution in [0.4, 0.5) is 0 Å². The lowest BCUT2D eigenvalue weighted by Gasteiger charge is -2.38. The van der Waals surface area contributed by atoms with Crippen LogP contribution in [0, 0.1) is 17.8 Å². The van der Waals surface area contributed by atoms with Gasteiger partial charge < -0.3 is 25.4 Å². The summed E-state index contributed by atoms with van der Waals surface area (Å²) < 4.78 is 5.38. The molecule has 3 fully saturated rings. The molecule has 4 N–H and O–H groups in total. The van der Waals surface area contributed by atoms with Gasteiger partial charge in [-0.05, 0) is 62.8 Å². The molecule has 1 heterocycles. The molecule has 3 rings (SSSR count). The first-order valence-electron chi connectivity index (χ1n) is 8.38. The first-order valence-corrected chi connectivity index (χ1v) is 8.38.